The SMILES string of the molecule is COc1ccc(-c2ccc(C=Cc3onc(C)c3[N+](=O)[O-])o2)cc1. The molecule has 3 rings (SSSR count). The van der Waals surface area contributed by atoms with Crippen LogP contribution in [0, 0.1) is 17.0 Å². The minimum absolute atomic E-state index is 0.0832. The third-order valence-corrected chi connectivity index (χ3v) is 3.44. The van der Waals surface area contributed by atoms with Crippen molar-refractivity contribution in [1.82, 2.24) is 5.16 Å². The molecule has 7 nitrogen and oxygen atoms in total. The summed E-state index contributed by atoms with van der Waals surface area (Å²) in [5, 5.41) is 14.6. The van der Waals surface area contributed by atoms with E-state index in [-0.39, 0.29) is 17.1 Å². The number of nitrogens with zero attached hydrogens (tertiary/aromatic N) is 2. The van der Waals surface area contributed by atoms with Gasteiger partial charge in [0.1, 0.15) is 17.3 Å². The van der Waals surface area contributed by atoms with Gasteiger partial charge in [-0.2, -0.15) is 0 Å². The lowest BCUT2D eigenvalue weighted by Gasteiger charge is -2.00. The number of aromatic nitrogens is 1. The summed E-state index contributed by atoms with van der Waals surface area (Å²) in [6.45, 7) is 1.52. The average Bonchev–Trinajstić information content (AvgIpc) is 3.19. The number of aryl methyl sites for hydroxylation is 1. The minimum atomic E-state index is -0.517. The van der Waals surface area contributed by atoms with E-state index in [0.717, 1.165) is 11.3 Å². The standard InChI is InChI=1S/C17H14N2O5/c1-11-17(19(20)21)16(24-18-11)10-8-14-7-9-15(23-14)12-3-5-13(22-2)6-4-12/h3-10H,1-2H3. The fourth-order valence-corrected chi connectivity index (χ4v) is 2.22. The van der Waals surface area contributed by atoms with Gasteiger partial charge in [-0.05, 0) is 55.5 Å². The van der Waals surface area contributed by atoms with Crippen molar-refractivity contribution in [3.63, 3.8) is 0 Å². The van der Waals surface area contributed by atoms with Crippen LogP contribution in [-0.2, 0) is 0 Å². The Morgan fingerprint density at radius 1 is 1.17 bits per heavy atom. The van der Waals surface area contributed by atoms with E-state index in [1.165, 1.54) is 13.0 Å². The first-order chi connectivity index (χ1) is 11.6. The Bertz CT molecular complexity index is 890. The first-order valence-corrected chi connectivity index (χ1v) is 7.11. The summed E-state index contributed by atoms with van der Waals surface area (Å²) in [5.74, 6) is 2.07. The molecule has 3 aromatic rings. The van der Waals surface area contributed by atoms with E-state index >= 15 is 0 Å². The van der Waals surface area contributed by atoms with E-state index in [0.29, 0.717) is 11.5 Å². The molecular formula is C17H14N2O5. The number of hydrogen-bond donors (Lipinski definition) is 0. The molecule has 0 spiro atoms. The first-order valence-electron chi connectivity index (χ1n) is 7.11. The van der Waals surface area contributed by atoms with Crippen LogP contribution in [0.1, 0.15) is 17.2 Å². The van der Waals surface area contributed by atoms with Gasteiger partial charge in [0.15, 0.2) is 5.69 Å². The number of benzene rings is 1. The molecule has 0 aliphatic rings. The largest absolute Gasteiger partial charge is 0.497 e. The normalized spacial score (nSPS) is 11.1. The highest BCUT2D eigenvalue weighted by atomic mass is 16.6. The van der Waals surface area contributed by atoms with Crippen molar-refractivity contribution in [3.8, 4) is 17.1 Å². The summed E-state index contributed by atoms with van der Waals surface area (Å²) < 4.78 is 15.8. The van der Waals surface area contributed by atoms with Gasteiger partial charge < -0.3 is 13.7 Å². The first kappa shape index (κ1) is 15.5. The van der Waals surface area contributed by atoms with Crippen molar-refractivity contribution < 1.29 is 18.6 Å². The number of ether oxygens (including phenoxy) is 1. The van der Waals surface area contributed by atoms with Crippen LogP contribution in [-0.4, -0.2) is 17.2 Å². The molecule has 0 atom stereocenters. The second-order valence-electron chi connectivity index (χ2n) is 5.00. The molecule has 0 saturated heterocycles. The van der Waals surface area contributed by atoms with E-state index in [1.807, 2.05) is 30.3 Å². The average molecular weight is 326 g/mol. The number of methoxy groups -OCH3 is 1. The number of rotatable bonds is 5. The Hall–Kier alpha value is -3.35. The van der Waals surface area contributed by atoms with Crippen molar-refractivity contribution in [2.24, 2.45) is 0 Å². The monoisotopic (exact) mass is 326 g/mol. The molecule has 0 aliphatic heterocycles. The summed E-state index contributed by atoms with van der Waals surface area (Å²) in [4.78, 5) is 10.5. The van der Waals surface area contributed by atoms with Crippen molar-refractivity contribution in [3.05, 3.63) is 63.7 Å². The van der Waals surface area contributed by atoms with Crippen LogP contribution < -0.4 is 4.74 Å². The molecule has 0 fully saturated rings. The van der Waals surface area contributed by atoms with Crippen LogP contribution in [0.4, 0.5) is 5.69 Å². The van der Waals surface area contributed by atoms with Crippen molar-refractivity contribution in [1.29, 1.82) is 0 Å². The maximum atomic E-state index is 11.0. The zero-order chi connectivity index (χ0) is 17.1. The zero-order valence-corrected chi connectivity index (χ0v) is 13.1. The van der Waals surface area contributed by atoms with Crippen LogP contribution in [0.3, 0.4) is 0 Å². The van der Waals surface area contributed by atoms with E-state index in [1.54, 1.807) is 19.3 Å². The molecule has 2 aromatic heterocycles. The molecule has 0 aliphatic carbocycles. The number of hydrogen-bond acceptors (Lipinski definition) is 6. The van der Waals surface area contributed by atoms with Crippen LogP contribution in [0.15, 0.2) is 45.3 Å². The van der Waals surface area contributed by atoms with E-state index < -0.39 is 4.92 Å². The predicted octanol–water partition coefficient (Wildman–Crippen LogP) is 4.33. The summed E-state index contributed by atoms with van der Waals surface area (Å²) in [6.07, 6.45) is 3.06. The quantitative estimate of drug-likeness (QED) is 0.512. The van der Waals surface area contributed by atoms with Gasteiger partial charge in [-0.25, -0.2) is 0 Å². The predicted molar refractivity (Wildman–Crippen MR) is 87.5 cm³/mol. The zero-order valence-electron chi connectivity index (χ0n) is 13.1. The molecule has 0 bridgehead atoms. The van der Waals surface area contributed by atoms with Gasteiger partial charge in [-0.15, -0.1) is 0 Å². The van der Waals surface area contributed by atoms with Crippen LogP contribution in [0.2, 0.25) is 0 Å². The summed E-state index contributed by atoms with van der Waals surface area (Å²) in [7, 11) is 1.61. The van der Waals surface area contributed by atoms with Gasteiger partial charge in [-0.3, -0.25) is 10.1 Å². The highest BCUT2D eigenvalue weighted by molar-refractivity contribution is 5.71. The third kappa shape index (κ3) is 3.05. The van der Waals surface area contributed by atoms with Crippen molar-refractivity contribution in [2.45, 2.75) is 6.92 Å². The molecule has 0 radical (unpaired) electrons. The van der Waals surface area contributed by atoms with Crippen LogP contribution in [0.25, 0.3) is 23.5 Å². The highest BCUT2D eigenvalue weighted by Gasteiger charge is 2.22. The minimum Gasteiger partial charge on any atom is -0.497 e. The molecule has 2 heterocycles. The Morgan fingerprint density at radius 3 is 2.58 bits per heavy atom. The van der Waals surface area contributed by atoms with Crippen molar-refractivity contribution >= 4 is 17.8 Å². The van der Waals surface area contributed by atoms with Crippen LogP contribution >= 0.6 is 0 Å². The van der Waals surface area contributed by atoms with Gasteiger partial charge in [0.25, 0.3) is 0 Å². The molecule has 24 heavy (non-hydrogen) atoms. The lowest BCUT2D eigenvalue weighted by molar-refractivity contribution is -0.386. The summed E-state index contributed by atoms with van der Waals surface area (Å²) in [6, 6.07) is 11.0. The van der Waals surface area contributed by atoms with Gasteiger partial charge in [0.05, 0.1) is 12.0 Å². The second kappa shape index (κ2) is 6.41. The maximum Gasteiger partial charge on any atom is 0.338 e. The Morgan fingerprint density at radius 2 is 1.92 bits per heavy atom. The van der Waals surface area contributed by atoms with Crippen molar-refractivity contribution in [2.75, 3.05) is 7.11 Å². The number of furan rings is 1. The molecule has 1 aromatic carbocycles. The maximum absolute atomic E-state index is 11.0. The van der Waals surface area contributed by atoms with Gasteiger partial charge in [0, 0.05) is 5.56 Å². The summed E-state index contributed by atoms with van der Waals surface area (Å²) >= 11 is 0. The fourth-order valence-electron chi connectivity index (χ4n) is 2.22. The van der Waals surface area contributed by atoms with Gasteiger partial charge in [0.2, 0.25) is 5.76 Å². The smallest absolute Gasteiger partial charge is 0.338 e. The summed E-state index contributed by atoms with van der Waals surface area (Å²) in [5.41, 5.74) is 0.989. The van der Waals surface area contributed by atoms with E-state index in [4.69, 9.17) is 13.7 Å². The molecule has 0 N–H and O–H groups in total. The van der Waals surface area contributed by atoms with Crippen LogP contribution in [0.5, 0.6) is 5.75 Å². The van der Waals surface area contributed by atoms with Gasteiger partial charge >= 0.3 is 5.69 Å². The molecule has 122 valence electrons. The molecule has 7 heteroatoms. The lowest BCUT2D eigenvalue weighted by Crippen LogP contribution is -1.90. The topological polar surface area (TPSA) is 91.5 Å². The second-order valence-corrected chi connectivity index (χ2v) is 5.00. The van der Waals surface area contributed by atoms with Gasteiger partial charge in [-0.1, -0.05) is 5.16 Å². The molecule has 0 amide bonds. The Labute approximate surface area is 137 Å². The fraction of sp³-hybridized carbons (Fsp3) is 0.118. The van der Waals surface area contributed by atoms with E-state index in [9.17, 15) is 10.1 Å². The molecule has 0 saturated carbocycles. The Balaban J connectivity index is 1.82. The Kier molecular flexibility index (Phi) is 4.15. The lowest BCUT2D eigenvalue weighted by atomic mass is 10.2. The van der Waals surface area contributed by atoms with E-state index in [2.05, 4.69) is 5.16 Å². The molecular weight excluding hydrogens is 312 g/mol. The highest BCUT2D eigenvalue weighted by Crippen LogP contribution is 2.27. The number of nitro groups is 1. The third-order valence-electron chi connectivity index (χ3n) is 3.44. The molecule has 0 unspecified atom stereocenters.